The summed E-state index contributed by atoms with van der Waals surface area (Å²) >= 11 is 0. The van der Waals surface area contributed by atoms with Crippen molar-refractivity contribution in [2.24, 2.45) is 0 Å². The highest BCUT2D eigenvalue weighted by Crippen LogP contribution is 2.12. The third-order valence-electron chi connectivity index (χ3n) is 2.54. The van der Waals surface area contributed by atoms with E-state index in [1.165, 1.54) is 0 Å². The van der Waals surface area contributed by atoms with Gasteiger partial charge in [0.05, 0.1) is 0 Å². The summed E-state index contributed by atoms with van der Waals surface area (Å²) < 4.78 is 10.3. The first kappa shape index (κ1) is 13.8. The largest absolute Gasteiger partial charge is 0.455 e. The van der Waals surface area contributed by atoms with Gasteiger partial charge in [0, 0.05) is 12.5 Å². The third kappa shape index (κ3) is 3.68. The van der Waals surface area contributed by atoms with Crippen molar-refractivity contribution < 1.29 is 19.1 Å². The lowest BCUT2D eigenvalue weighted by atomic mass is 10.1. The molecule has 0 N–H and O–H groups in total. The zero-order valence-electron chi connectivity index (χ0n) is 11.0. The van der Waals surface area contributed by atoms with E-state index in [2.05, 4.69) is 0 Å². The van der Waals surface area contributed by atoms with E-state index >= 15 is 0 Å². The van der Waals surface area contributed by atoms with E-state index in [1.807, 2.05) is 6.07 Å². The van der Waals surface area contributed by atoms with Crippen LogP contribution in [0, 0.1) is 0 Å². The predicted octanol–water partition coefficient (Wildman–Crippen LogP) is 2.84. The zero-order chi connectivity index (χ0) is 14.4. The third-order valence-corrected chi connectivity index (χ3v) is 2.54. The number of esters is 1. The Morgan fingerprint density at radius 1 is 0.900 bits per heavy atom. The molecule has 0 heterocycles. The Labute approximate surface area is 116 Å². The van der Waals surface area contributed by atoms with Crippen LogP contribution in [0.15, 0.2) is 60.7 Å². The Balaban J connectivity index is 1.93. The SMILES string of the molecule is CC(OC(=O)C(=O)c1ccccc1)Oc1ccccc1. The van der Waals surface area contributed by atoms with E-state index in [0.29, 0.717) is 11.3 Å². The van der Waals surface area contributed by atoms with Gasteiger partial charge >= 0.3 is 5.97 Å². The summed E-state index contributed by atoms with van der Waals surface area (Å²) in [6.45, 7) is 1.56. The number of carbonyl (C=O) groups is 2. The van der Waals surface area contributed by atoms with Crippen LogP contribution in [0.5, 0.6) is 5.75 Å². The first-order valence-electron chi connectivity index (χ1n) is 6.19. The number of hydrogen-bond donors (Lipinski definition) is 0. The van der Waals surface area contributed by atoms with E-state index in [4.69, 9.17) is 9.47 Å². The van der Waals surface area contributed by atoms with Crippen LogP contribution in [0.3, 0.4) is 0 Å². The maximum atomic E-state index is 11.8. The van der Waals surface area contributed by atoms with Crippen molar-refractivity contribution in [1.29, 1.82) is 0 Å². The molecule has 0 spiro atoms. The molecule has 0 aliphatic rings. The molecule has 0 aliphatic heterocycles. The minimum Gasteiger partial charge on any atom is -0.455 e. The zero-order valence-corrected chi connectivity index (χ0v) is 11.0. The van der Waals surface area contributed by atoms with Gasteiger partial charge in [-0.15, -0.1) is 0 Å². The molecule has 1 unspecified atom stereocenters. The Morgan fingerprint density at radius 3 is 2.05 bits per heavy atom. The summed E-state index contributed by atoms with van der Waals surface area (Å²) in [4.78, 5) is 23.5. The Kier molecular flexibility index (Phi) is 4.50. The van der Waals surface area contributed by atoms with E-state index in [9.17, 15) is 9.59 Å². The molecule has 0 aliphatic carbocycles. The summed E-state index contributed by atoms with van der Waals surface area (Å²) in [6.07, 6.45) is -0.836. The average molecular weight is 270 g/mol. The minimum absolute atomic E-state index is 0.296. The Hall–Kier alpha value is -2.62. The van der Waals surface area contributed by atoms with E-state index in [-0.39, 0.29) is 0 Å². The molecule has 4 heteroatoms. The van der Waals surface area contributed by atoms with Crippen molar-refractivity contribution in [1.82, 2.24) is 0 Å². The highest BCUT2D eigenvalue weighted by Gasteiger charge is 2.20. The van der Waals surface area contributed by atoms with E-state index in [1.54, 1.807) is 61.5 Å². The summed E-state index contributed by atoms with van der Waals surface area (Å²) in [7, 11) is 0. The molecule has 20 heavy (non-hydrogen) atoms. The van der Waals surface area contributed by atoms with Crippen molar-refractivity contribution in [3.05, 3.63) is 66.2 Å². The minimum atomic E-state index is -0.931. The second-order valence-corrected chi connectivity index (χ2v) is 4.10. The molecule has 0 aromatic heterocycles. The summed E-state index contributed by atoms with van der Waals surface area (Å²) in [5.74, 6) is -1.05. The van der Waals surface area contributed by atoms with Crippen LogP contribution in [0.2, 0.25) is 0 Å². The van der Waals surface area contributed by atoms with Crippen molar-refractivity contribution in [3.63, 3.8) is 0 Å². The summed E-state index contributed by atoms with van der Waals surface area (Å²) in [5.41, 5.74) is 0.296. The maximum Gasteiger partial charge on any atom is 0.382 e. The predicted molar refractivity (Wildman–Crippen MR) is 73.4 cm³/mol. The Morgan fingerprint density at radius 2 is 1.45 bits per heavy atom. The molecule has 2 rings (SSSR count). The fourth-order valence-corrected chi connectivity index (χ4v) is 1.63. The lowest BCUT2D eigenvalue weighted by Crippen LogP contribution is -2.26. The van der Waals surface area contributed by atoms with Crippen molar-refractivity contribution >= 4 is 11.8 Å². The quantitative estimate of drug-likeness (QED) is 0.363. The molecule has 0 saturated carbocycles. The van der Waals surface area contributed by atoms with Crippen LogP contribution in [-0.4, -0.2) is 18.0 Å². The molecular formula is C16H14O4. The smallest absolute Gasteiger partial charge is 0.382 e. The number of hydrogen-bond acceptors (Lipinski definition) is 4. The molecule has 0 amide bonds. The van der Waals surface area contributed by atoms with Crippen LogP contribution in [-0.2, 0) is 9.53 Å². The molecule has 0 radical (unpaired) electrons. The van der Waals surface area contributed by atoms with Crippen LogP contribution >= 0.6 is 0 Å². The Bertz CT molecular complexity index is 578. The average Bonchev–Trinajstić information content (AvgIpc) is 2.48. The molecular weight excluding hydrogens is 256 g/mol. The van der Waals surface area contributed by atoms with Gasteiger partial charge in [0.2, 0.25) is 6.29 Å². The summed E-state index contributed by atoms with van der Waals surface area (Å²) in [6, 6.07) is 17.2. The van der Waals surface area contributed by atoms with Gasteiger partial charge in [0.1, 0.15) is 5.75 Å². The number of ether oxygens (including phenoxy) is 2. The fraction of sp³-hybridized carbons (Fsp3) is 0.125. The van der Waals surface area contributed by atoms with Crippen LogP contribution < -0.4 is 4.74 Å². The molecule has 0 fully saturated rings. The summed E-state index contributed by atoms with van der Waals surface area (Å²) in [5, 5.41) is 0. The van der Waals surface area contributed by atoms with E-state index < -0.39 is 18.0 Å². The number of para-hydroxylation sites is 1. The van der Waals surface area contributed by atoms with Gasteiger partial charge in [0.25, 0.3) is 5.78 Å². The molecule has 2 aromatic rings. The van der Waals surface area contributed by atoms with Gasteiger partial charge in [-0.2, -0.15) is 0 Å². The lowest BCUT2D eigenvalue weighted by Gasteiger charge is -2.14. The fourth-order valence-electron chi connectivity index (χ4n) is 1.63. The molecule has 1 atom stereocenters. The van der Waals surface area contributed by atoms with Gasteiger partial charge in [-0.3, -0.25) is 4.79 Å². The highest BCUT2D eigenvalue weighted by molar-refractivity contribution is 6.40. The molecule has 2 aromatic carbocycles. The van der Waals surface area contributed by atoms with E-state index in [0.717, 1.165) is 0 Å². The first-order valence-corrected chi connectivity index (χ1v) is 6.19. The second kappa shape index (κ2) is 6.52. The number of Topliss-reactive ketones (excluding diaryl/α,β-unsaturated/α-hetero) is 1. The second-order valence-electron chi connectivity index (χ2n) is 4.10. The van der Waals surface area contributed by atoms with Gasteiger partial charge in [0.15, 0.2) is 0 Å². The topological polar surface area (TPSA) is 52.6 Å². The first-order chi connectivity index (χ1) is 9.66. The number of benzene rings is 2. The van der Waals surface area contributed by atoms with Crippen molar-refractivity contribution in [2.75, 3.05) is 0 Å². The normalized spacial score (nSPS) is 11.4. The van der Waals surface area contributed by atoms with Gasteiger partial charge < -0.3 is 9.47 Å². The van der Waals surface area contributed by atoms with Gasteiger partial charge in [-0.05, 0) is 12.1 Å². The number of carbonyl (C=O) groups excluding carboxylic acids is 2. The molecule has 4 nitrogen and oxygen atoms in total. The standard InChI is InChI=1S/C16H14O4/c1-12(19-14-10-6-3-7-11-14)20-16(18)15(17)13-8-4-2-5-9-13/h2-12H,1H3. The van der Waals surface area contributed by atoms with Crippen LogP contribution in [0.25, 0.3) is 0 Å². The molecule has 102 valence electrons. The van der Waals surface area contributed by atoms with Gasteiger partial charge in [-0.25, -0.2) is 4.79 Å². The van der Waals surface area contributed by atoms with Gasteiger partial charge in [-0.1, -0.05) is 48.5 Å². The van der Waals surface area contributed by atoms with Crippen molar-refractivity contribution in [2.45, 2.75) is 13.2 Å². The van der Waals surface area contributed by atoms with Crippen molar-refractivity contribution in [3.8, 4) is 5.75 Å². The highest BCUT2D eigenvalue weighted by atomic mass is 16.7. The monoisotopic (exact) mass is 270 g/mol. The molecule has 0 saturated heterocycles. The maximum absolute atomic E-state index is 11.8. The lowest BCUT2D eigenvalue weighted by molar-refractivity contribution is -0.155. The number of ketones is 1. The number of rotatable bonds is 5. The van der Waals surface area contributed by atoms with Crippen LogP contribution in [0.1, 0.15) is 17.3 Å². The molecule has 0 bridgehead atoms. The van der Waals surface area contributed by atoms with Crippen LogP contribution in [0.4, 0.5) is 0 Å².